The normalized spacial score (nSPS) is 20.9. The molecule has 2 rings (SSSR count). The minimum absolute atomic E-state index is 0.854. The van der Waals surface area contributed by atoms with E-state index in [2.05, 4.69) is 43.0 Å². The van der Waals surface area contributed by atoms with Crippen molar-refractivity contribution in [3.05, 3.63) is 29.8 Å². The average molecular weight is 178 g/mol. The molecule has 0 aromatic heterocycles. The highest BCUT2D eigenvalue weighted by Crippen LogP contribution is 2.38. The maximum absolute atomic E-state index is 2.27. The van der Waals surface area contributed by atoms with E-state index in [0.29, 0.717) is 0 Å². The van der Waals surface area contributed by atoms with E-state index in [4.69, 9.17) is 0 Å². The summed E-state index contributed by atoms with van der Waals surface area (Å²) in [6.07, 6.45) is 3.96. The van der Waals surface area contributed by atoms with Gasteiger partial charge in [-0.05, 0) is 24.5 Å². The lowest BCUT2D eigenvalue weighted by Gasteiger charge is -2.03. The van der Waals surface area contributed by atoms with Crippen molar-refractivity contribution in [2.75, 3.05) is 0 Å². The molecule has 0 radical (unpaired) electrons. The lowest BCUT2D eigenvalue weighted by Crippen LogP contribution is -1.98. The second kappa shape index (κ2) is 3.53. The molecule has 0 bridgehead atoms. The molecular weight excluding hydrogens is 164 g/mol. The van der Waals surface area contributed by atoms with Crippen LogP contribution >= 0.6 is 11.8 Å². The zero-order valence-corrected chi connectivity index (χ0v) is 8.23. The quantitative estimate of drug-likeness (QED) is 0.668. The maximum atomic E-state index is 2.27. The van der Waals surface area contributed by atoms with E-state index in [-0.39, 0.29) is 0 Å². The van der Waals surface area contributed by atoms with E-state index in [1.807, 2.05) is 0 Å². The van der Waals surface area contributed by atoms with Gasteiger partial charge in [0.15, 0.2) is 0 Å². The summed E-state index contributed by atoms with van der Waals surface area (Å²) < 4.78 is 0. The summed E-state index contributed by atoms with van der Waals surface area (Å²) in [6.45, 7) is 2.27. The fourth-order valence-electron chi connectivity index (χ4n) is 1.74. The molecule has 12 heavy (non-hydrogen) atoms. The highest BCUT2D eigenvalue weighted by molar-refractivity contribution is 8.00. The van der Waals surface area contributed by atoms with Crippen LogP contribution in [0.4, 0.5) is 0 Å². The zero-order valence-electron chi connectivity index (χ0n) is 7.42. The number of thioether (sulfide) groups is 1. The Hall–Kier alpha value is -0.430. The monoisotopic (exact) mass is 178 g/mol. The molecule has 0 amide bonds. The van der Waals surface area contributed by atoms with Gasteiger partial charge in [-0.2, -0.15) is 0 Å². The number of benzene rings is 1. The van der Waals surface area contributed by atoms with Crippen LogP contribution in [0.15, 0.2) is 29.2 Å². The number of rotatable bonds is 2. The minimum Gasteiger partial charge on any atom is -0.122 e. The molecule has 0 nitrogen and oxygen atoms in total. The number of hydrogen-bond acceptors (Lipinski definition) is 1. The van der Waals surface area contributed by atoms with E-state index in [1.165, 1.54) is 24.2 Å². The van der Waals surface area contributed by atoms with Crippen molar-refractivity contribution < 1.29 is 0 Å². The molecule has 0 N–H and O–H groups in total. The second-order valence-corrected chi connectivity index (χ2v) is 4.68. The van der Waals surface area contributed by atoms with Gasteiger partial charge in [0.05, 0.1) is 0 Å². The average Bonchev–Trinajstić information content (AvgIpc) is 2.47. The van der Waals surface area contributed by atoms with Gasteiger partial charge in [0.1, 0.15) is 0 Å². The van der Waals surface area contributed by atoms with E-state index in [1.54, 1.807) is 5.56 Å². The molecule has 0 aliphatic carbocycles. The molecule has 1 heteroatoms. The fraction of sp³-hybridized carbons (Fsp3) is 0.455. The molecule has 1 aliphatic heterocycles. The first-order chi connectivity index (χ1) is 5.90. The topological polar surface area (TPSA) is 0 Å². The molecule has 0 saturated heterocycles. The van der Waals surface area contributed by atoms with E-state index >= 15 is 0 Å². The van der Waals surface area contributed by atoms with Crippen molar-refractivity contribution >= 4 is 11.8 Å². The van der Waals surface area contributed by atoms with Gasteiger partial charge in [-0.25, -0.2) is 0 Å². The Morgan fingerprint density at radius 3 is 3.00 bits per heavy atom. The third kappa shape index (κ3) is 1.51. The zero-order chi connectivity index (χ0) is 8.39. The van der Waals surface area contributed by atoms with Crippen LogP contribution in [-0.2, 0) is 6.42 Å². The highest BCUT2D eigenvalue weighted by atomic mass is 32.2. The third-order valence-electron chi connectivity index (χ3n) is 2.32. The Kier molecular flexibility index (Phi) is 2.40. The van der Waals surface area contributed by atoms with Gasteiger partial charge in [0, 0.05) is 10.1 Å². The Labute approximate surface area is 78.4 Å². The summed E-state index contributed by atoms with van der Waals surface area (Å²) in [7, 11) is 0. The van der Waals surface area contributed by atoms with Gasteiger partial charge in [-0.15, -0.1) is 11.8 Å². The Morgan fingerprint density at radius 2 is 2.25 bits per heavy atom. The summed E-state index contributed by atoms with van der Waals surface area (Å²) in [4.78, 5) is 1.51. The van der Waals surface area contributed by atoms with Crippen LogP contribution in [0.1, 0.15) is 25.3 Å². The fourth-order valence-corrected chi connectivity index (χ4v) is 3.17. The molecule has 0 fully saturated rings. The van der Waals surface area contributed by atoms with Crippen LogP contribution in [0, 0.1) is 0 Å². The first-order valence-electron chi connectivity index (χ1n) is 4.64. The van der Waals surface area contributed by atoms with Crippen molar-refractivity contribution in [1.29, 1.82) is 0 Å². The summed E-state index contributed by atoms with van der Waals surface area (Å²) >= 11 is 2.06. The van der Waals surface area contributed by atoms with Gasteiger partial charge in [0.2, 0.25) is 0 Å². The molecule has 1 aromatic rings. The Morgan fingerprint density at radius 1 is 1.42 bits per heavy atom. The minimum atomic E-state index is 0.854. The number of fused-ring (bicyclic) bond motifs is 1. The van der Waals surface area contributed by atoms with Crippen LogP contribution in [0.25, 0.3) is 0 Å². The summed E-state index contributed by atoms with van der Waals surface area (Å²) in [5.41, 5.74) is 1.56. The van der Waals surface area contributed by atoms with E-state index in [0.717, 1.165) is 5.25 Å². The van der Waals surface area contributed by atoms with Crippen molar-refractivity contribution in [3.63, 3.8) is 0 Å². The molecular formula is C11H14S. The van der Waals surface area contributed by atoms with Crippen molar-refractivity contribution in [3.8, 4) is 0 Å². The smallest absolute Gasteiger partial charge is 0.0135 e. The lowest BCUT2D eigenvalue weighted by atomic mass is 10.1. The molecule has 64 valence electrons. The molecule has 1 atom stereocenters. The predicted molar refractivity (Wildman–Crippen MR) is 54.7 cm³/mol. The van der Waals surface area contributed by atoms with Crippen LogP contribution < -0.4 is 0 Å². The van der Waals surface area contributed by atoms with E-state index < -0.39 is 0 Å². The van der Waals surface area contributed by atoms with Crippen molar-refractivity contribution in [1.82, 2.24) is 0 Å². The summed E-state index contributed by atoms with van der Waals surface area (Å²) in [5, 5.41) is 0.854. The molecule has 1 aromatic carbocycles. The van der Waals surface area contributed by atoms with Crippen LogP contribution in [0.5, 0.6) is 0 Å². The third-order valence-corrected chi connectivity index (χ3v) is 3.71. The molecule has 0 unspecified atom stereocenters. The molecule has 0 spiro atoms. The van der Waals surface area contributed by atoms with Crippen LogP contribution in [0.2, 0.25) is 0 Å². The van der Waals surface area contributed by atoms with Gasteiger partial charge >= 0.3 is 0 Å². The van der Waals surface area contributed by atoms with Gasteiger partial charge in [-0.1, -0.05) is 31.5 Å². The SMILES string of the molecule is CCC[C@@H]1Cc2ccccc2S1. The Bertz CT molecular complexity index is 242. The molecule has 1 heterocycles. The number of hydrogen-bond donors (Lipinski definition) is 0. The Balaban J connectivity index is 2.11. The summed E-state index contributed by atoms with van der Waals surface area (Å²) in [5.74, 6) is 0. The first kappa shape index (κ1) is 8.18. The van der Waals surface area contributed by atoms with Gasteiger partial charge < -0.3 is 0 Å². The standard InChI is InChI=1S/C11H14S/c1-2-5-10-8-9-6-3-4-7-11(9)12-10/h3-4,6-7,10H,2,5,8H2,1H3/t10-/m1/s1. The highest BCUT2D eigenvalue weighted by Gasteiger charge is 2.20. The van der Waals surface area contributed by atoms with Crippen LogP contribution in [0.3, 0.4) is 0 Å². The lowest BCUT2D eigenvalue weighted by molar-refractivity contribution is 0.744. The van der Waals surface area contributed by atoms with Gasteiger partial charge in [-0.3, -0.25) is 0 Å². The molecule has 1 aliphatic rings. The second-order valence-electron chi connectivity index (χ2n) is 3.34. The predicted octanol–water partition coefficient (Wildman–Crippen LogP) is 3.50. The van der Waals surface area contributed by atoms with Crippen LogP contribution in [-0.4, -0.2) is 5.25 Å². The van der Waals surface area contributed by atoms with Crippen molar-refractivity contribution in [2.45, 2.75) is 36.3 Å². The van der Waals surface area contributed by atoms with E-state index in [9.17, 15) is 0 Å². The summed E-state index contributed by atoms with van der Waals surface area (Å²) in [6, 6.07) is 8.79. The van der Waals surface area contributed by atoms with Crippen molar-refractivity contribution in [2.24, 2.45) is 0 Å². The molecule has 0 saturated carbocycles. The largest absolute Gasteiger partial charge is 0.122 e. The first-order valence-corrected chi connectivity index (χ1v) is 5.52. The maximum Gasteiger partial charge on any atom is 0.0135 e. The van der Waals surface area contributed by atoms with Gasteiger partial charge in [0.25, 0.3) is 0 Å².